The third-order valence-corrected chi connectivity index (χ3v) is 2.76. The molecule has 3 N–H and O–H groups in total. The van der Waals surface area contributed by atoms with Crippen LogP contribution in [0.3, 0.4) is 0 Å². The van der Waals surface area contributed by atoms with E-state index in [1.54, 1.807) is 0 Å². The first-order valence-electron chi connectivity index (χ1n) is 4.61. The Morgan fingerprint density at radius 2 is 1.77 bits per heavy atom. The molecule has 0 bridgehead atoms. The van der Waals surface area contributed by atoms with Crippen LogP contribution in [0.5, 0.6) is 0 Å². The number of rotatable bonds is 4. The largest absolute Gasteiger partial charge is 0.409 e. The van der Waals surface area contributed by atoms with Crippen molar-refractivity contribution in [3.8, 4) is 0 Å². The fraction of sp³-hybridized carbons (Fsp3) is 0.889. The van der Waals surface area contributed by atoms with Crippen LogP contribution >= 0.6 is 0 Å². The summed E-state index contributed by atoms with van der Waals surface area (Å²) in [5, 5.41) is 11.5. The zero-order chi connectivity index (χ0) is 10.6. The minimum atomic E-state index is -0.0256. The number of oxime groups is 1. The lowest BCUT2D eigenvalue weighted by atomic mass is 10.0. The Hall–Kier alpha value is -0.770. The lowest BCUT2D eigenvalue weighted by Crippen LogP contribution is -2.46. The molecule has 0 amide bonds. The summed E-state index contributed by atoms with van der Waals surface area (Å²) in [4.78, 5) is 2.10. The second-order valence-electron chi connectivity index (χ2n) is 3.85. The molecule has 0 aliphatic rings. The normalized spacial score (nSPS) is 17.9. The van der Waals surface area contributed by atoms with Gasteiger partial charge in [0, 0.05) is 6.04 Å². The molecular weight excluding hydrogens is 166 g/mol. The molecule has 0 saturated heterocycles. The first kappa shape index (κ1) is 12.2. The minimum absolute atomic E-state index is 0.0256. The predicted octanol–water partition coefficient (Wildman–Crippen LogP) is 1.10. The third-order valence-electron chi connectivity index (χ3n) is 2.76. The minimum Gasteiger partial charge on any atom is -0.409 e. The lowest BCUT2D eigenvalue weighted by molar-refractivity contribution is 0.187. The molecule has 0 aromatic carbocycles. The average molecular weight is 187 g/mol. The molecule has 2 unspecified atom stereocenters. The molecule has 4 heteroatoms. The smallest absolute Gasteiger partial charge is 0.156 e. The van der Waals surface area contributed by atoms with Crippen LogP contribution < -0.4 is 5.73 Å². The van der Waals surface area contributed by atoms with Crippen molar-refractivity contribution >= 4 is 5.84 Å². The van der Waals surface area contributed by atoms with Gasteiger partial charge in [-0.05, 0) is 26.8 Å². The van der Waals surface area contributed by atoms with Gasteiger partial charge in [-0.1, -0.05) is 19.0 Å². The van der Waals surface area contributed by atoms with E-state index >= 15 is 0 Å². The molecular formula is C9H21N3O. The van der Waals surface area contributed by atoms with Gasteiger partial charge in [0.2, 0.25) is 0 Å². The van der Waals surface area contributed by atoms with E-state index in [-0.39, 0.29) is 11.9 Å². The maximum Gasteiger partial charge on any atom is 0.156 e. The maximum absolute atomic E-state index is 8.51. The number of hydrogen-bond acceptors (Lipinski definition) is 3. The van der Waals surface area contributed by atoms with Gasteiger partial charge in [-0.15, -0.1) is 0 Å². The predicted molar refractivity (Wildman–Crippen MR) is 54.9 cm³/mol. The van der Waals surface area contributed by atoms with Crippen LogP contribution in [0.25, 0.3) is 0 Å². The molecule has 0 aromatic rings. The van der Waals surface area contributed by atoms with E-state index in [0.29, 0.717) is 12.0 Å². The summed E-state index contributed by atoms with van der Waals surface area (Å²) < 4.78 is 0. The number of nitrogens with zero attached hydrogens (tertiary/aromatic N) is 2. The van der Waals surface area contributed by atoms with E-state index in [1.165, 1.54) is 0 Å². The molecule has 0 radical (unpaired) electrons. The van der Waals surface area contributed by atoms with Crippen molar-refractivity contribution in [2.45, 2.75) is 39.8 Å². The molecule has 0 spiro atoms. The molecule has 0 aliphatic carbocycles. The highest BCUT2D eigenvalue weighted by Crippen LogP contribution is 2.11. The summed E-state index contributed by atoms with van der Waals surface area (Å²) in [6.45, 7) is 8.36. The number of nitrogens with two attached hydrogens (primary N) is 1. The summed E-state index contributed by atoms with van der Waals surface area (Å²) in [6.07, 6.45) is 0. The fourth-order valence-corrected chi connectivity index (χ4v) is 1.12. The highest BCUT2D eigenvalue weighted by Gasteiger charge is 2.20. The molecule has 2 atom stereocenters. The van der Waals surface area contributed by atoms with Gasteiger partial charge < -0.3 is 10.9 Å². The topological polar surface area (TPSA) is 61.8 Å². The van der Waals surface area contributed by atoms with Gasteiger partial charge in [0.25, 0.3) is 0 Å². The van der Waals surface area contributed by atoms with Gasteiger partial charge in [0.05, 0.1) is 6.04 Å². The van der Waals surface area contributed by atoms with Gasteiger partial charge >= 0.3 is 0 Å². The van der Waals surface area contributed by atoms with Crippen molar-refractivity contribution in [2.75, 3.05) is 7.05 Å². The van der Waals surface area contributed by atoms with Crippen molar-refractivity contribution in [2.24, 2.45) is 16.8 Å². The second-order valence-corrected chi connectivity index (χ2v) is 3.85. The van der Waals surface area contributed by atoms with E-state index in [2.05, 4.69) is 30.8 Å². The summed E-state index contributed by atoms with van der Waals surface area (Å²) >= 11 is 0. The number of likely N-dealkylation sites (N-methyl/N-ethyl adjacent to an activating group) is 1. The van der Waals surface area contributed by atoms with Crippen molar-refractivity contribution in [3.05, 3.63) is 0 Å². The fourth-order valence-electron chi connectivity index (χ4n) is 1.12. The summed E-state index contributed by atoms with van der Waals surface area (Å²) in [5.74, 6) is 0.814. The maximum atomic E-state index is 8.51. The van der Waals surface area contributed by atoms with Gasteiger partial charge in [0.1, 0.15) is 0 Å². The Balaban J connectivity index is 4.33. The van der Waals surface area contributed by atoms with Crippen molar-refractivity contribution < 1.29 is 5.21 Å². The van der Waals surface area contributed by atoms with Gasteiger partial charge in [-0.25, -0.2) is 0 Å². The van der Waals surface area contributed by atoms with Crippen LogP contribution in [0.4, 0.5) is 0 Å². The van der Waals surface area contributed by atoms with E-state index in [9.17, 15) is 0 Å². The summed E-state index contributed by atoms with van der Waals surface area (Å²) in [6, 6.07) is 0.387. The third kappa shape index (κ3) is 3.22. The highest BCUT2D eigenvalue weighted by molar-refractivity contribution is 5.84. The van der Waals surface area contributed by atoms with Crippen molar-refractivity contribution in [1.29, 1.82) is 0 Å². The first-order chi connectivity index (χ1) is 5.91. The van der Waals surface area contributed by atoms with E-state index in [4.69, 9.17) is 10.9 Å². The SMILES string of the molecule is CC(C)C(C)N(C)C(C)C(N)=NO. The zero-order valence-electron chi connectivity index (χ0n) is 9.15. The van der Waals surface area contributed by atoms with Crippen LogP contribution in [-0.4, -0.2) is 35.1 Å². The van der Waals surface area contributed by atoms with Gasteiger partial charge in [0.15, 0.2) is 5.84 Å². The Morgan fingerprint density at radius 3 is 2.08 bits per heavy atom. The van der Waals surface area contributed by atoms with Crippen LogP contribution in [0, 0.1) is 5.92 Å². The average Bonchev–Trinajstić information content (AvgIpc) is 2.12. The first-order valence-corrected chi connectivity index (χ1v) is 4.61. The van der Waals surface area contributed by atoms with Crippen LogP contribution in [-0.2, 0) is 0 Å². The van der Waals surface area contributed by atoms with E-state index in [1.807, 2.05) is 14.0 Å². The van der Waals surface area contributed by atoms with Gasteiger partial charge in [-0.3, -0.25) is 4.90 Å². The lowest BCUT2D eigenvalue weighted by Gasteiger charge is -2.32. The molecule has 0 heterocycles. The zero-order valence-corrected chi connectivity index (χ0v) is 9.15. The molecule has 0 aliphatic heterocycles. The van der Waals surface area contributed by atoms with Crippen LogP contribution in [0.2, 0.25) is 0 Å². The van der Waals surface area contributed by atoms with Gasteiger partial charge in [-0.2, -0.15) is 0 Å². The quantitative estimate of drug-likeness (QED) is 0.300. The highest BCUT2D eigenvalue weighted by atomic mass is 16.4. The summed E-state index contributed by atoms with van der Waals surface area (Å²) in [5.41, 5.74) is 5.51. The Bertz CT molecular complexity index is 180. The van der Waals surface area contributed by atoms with Crippen molar-refractivity contribution in [3.63, 3.8) is 0 Å². The molecule has 0 fully saturated rings. The Kier molecular flexibility index (Phi) is 4.77. The summed E-state index contributed by atoms with van der Waals surface area (Å²) in [7, 11) is 1.98. The Morgan fingerprint density at radius 1 is 1.31 bits per heavy atom. The van der Waals surface area contributed by atoms with Crippen LogP contribution in [0.15, 0.2) is 5.16 Å². The molecule has 0 aromatic heterocycles. The number of hydrogen-bond donors (Lipinski definition) is 2. The molecule has 78 valence electrons. The van der Waals surface area contributed by atoms with Crippen LogP contribution in [0.1, 0.15) is 27.7 Å². The Labute approximate surface area is 80.4 Å². The monoisotopic (exact) mass is 187 g/mol. The molecule has 4 nitrogen and oxygen atoms in total. The second kappa shape index (κ2) is 5.07. The molecule has 0 rings (SSSR count). The number of amidine groups is 1. The molecule has 0 saturated carbocycles. The van der Waals surface area contributed by atoms with E-state index in [0.717, 1.165) is 0 Å². The van der Waals surface area contributed by atoms with E-state index < -0.39 is 0 Å². The van der Waals surface area contributed by atoms with Crippen molar-refractivity contribution in [1.82, 2.24) is 4.90 Å². The molecule has 13 heavy (non-hydrogen) atoms. The standard InChI is InChI=1S/C9H21N3O/c1-6(2)7(3)12(5)8(4)9(10)11-13/h6-8,13H,1-5H3,(H2,10,11).